The molecule has 98 valence electrons. The van der Waals surface area contributed by atoms with Gasteiger partial charge in [-0.15, -0.1) is 0 Å². The van der Waals surface area contributed by atoms with Crippen LogP contribution in [0.25, 0.3) is 0 Å². The molecule has 17 heavy (non-hydrogen) atoms. The lowest BCUT2D eigenvalue weighted by Gasteiger charge is -2.37. The number of hydrogen-bond acceptors (Lipinski definition) is 3. The Balaban J connectivity index is 1.46. The van der Waals surface area contributed by atoms with Crippen molar-refractivity contribution in [2.75, 3.05) is 33.2 Å². The Morgan fingerprint density at radius 3 is 2.53 bits per heavy atom. The van der Waals surface area contributed by atoms with Crippen LogP contribution in [0, 0.1) is 5.92 Å². The number of nitrogens with zero attached hydrogens (tertiary/aromatic N) is 2. The summed E-state index contributed by atoms with van der Waals surface area (Å²) in [6, 6.07) is 2.48. The molecule has 3 nitrogen and oxygen atoms in total. The van der Waals surface area contributed by atoms with Crippen LogP contribution in [-0.4, -0.2) is 61.2 Å². The van der Waals surface area contributed by atoms with Crippen LogP contribution in [0.5, 0.6) is 0 Å². The topological polar surface area (TPSA) is 18.5 Å². The molecule has 0 spiro atoms. The first-order valence-corrected chi connectivity index (χ1v) is 7.41. The molecule has 1 saturated carbocycles. The van der Waals surface area contributed by atoms with E-state index in [4.69, 9.17) is 0 Å². The fourth-order valence-corrected chi connectivity index (χ4v) is 3.60. The second-order valence-electron chi connectivity index (χ2n) is 6.51. The average molecular weight is 237 g/mol. The summed E-state index contributed by atoms with van der Waals surface area (Å²) in [6.07, 6.45) is 5.61. The Labute approximate surface area is 106 Å². The molecule has 1 aliphatic carbocycles. The first-order chi connectivity index (χ1) is 8.22. The van der Waals surface area contributed by atoms with E-state index in [1.807, 2.05) is 0 Å². The smallest absolute Gasteiger partial charge is 0.0210 e. The van der Waals surface area contributed by atoms with E-state index in [-0.39, 0.29) is 0 Å². The highest BCUT2D eigenvalue weighted by Crippen LogP contribution is 2.30. The Hall–Kier alpha value is -0.120. The molecule has 0 aromatic rings. The number of hydrogen-bond donors (Lipinski definition) is 1. The summed E-state index contributed by atoms with van der Waals surface area (Å²) in [6.45, 7) is 7.58. The lowest BCUT2D eigenvalue weighted by atomic mass is 9.93. The van der Waals surface area contributed by atoms with Crippen molar-refractivity contribution < 1.29 is 0 Å². The molecule has 2 heterocycles. The molecule has 0 aromatic heterocycles. The van der Waals surface area contributed by atoms with Crippen molar-refractivity contribution in [3.63, 3.8) is 0 Å². The number of likely N-dealkylation sites (tertiary alicyclic amines) is 2. The summed E-state index contributed by atoms with van der Waals surface area (Å²) < 4.78 is 0. The summed E-state index contributed by atoms with van der Waals surface area (Å²) >= 11 is 0. The van der Waals surface area contributed by atoms with E-state index >= 15 is 0 Å². The van der Waals surface area contributed by atoms with Gasteiger partial charge in [0.1, 0.15) is 0 Å². The summed E-state index contributed by atoms with van der Waals surface area (Å²) in [5.41, 5.74) is 0. The van der Waals surface area contributed by atoms with E-state index in [9.17, 15) is 0 Å². The van der Waals surface area contributed by atoms with Crippen molar-refractivity contribution in [2.24, 2.45) is 5.92 Å². The van der Waals surface area contributed by atoms with Crippen molar-refractivity contribution in [2.45, 2.75) is 50.7 Å². The fraction of sp³-hybridized carbons (Fsp3) is 1.00. The van der Waals surface area contributed by atoms with E-state index in [1.54, 1.807) is 0 Å². The zero-order valence-electron chi connectivity index (χ0n) is 11.4. The molecular weight excluding hydrogens is 210 g/mol. The Bertz CT molecular complexity index is 264. The van der Waals surface area contributed by atoms with Gasteiger partial charge < -0.3 is 10.2 Å². The second kappa shape index (κ2) is 4.87. The normalized spacial score (nSPS) is 40.9. The van der Waals surface area contributed by atoms with Crippen LogP contribution in [0.1, 0.15) is 32.6 Å². The third-order valence-corrected chi connectivity index (χ3v) is 4.84. The predicted molar refractivity (Wildman–Crippen MR) is 71.2 cm³/mol. The lowest BCUT2D eigenvalue weighted by molar-refractivity contribution is 0.165. The highest BCUT2D eigenvalue weighted by molar-refractivity contribution is 4.94. The SMILES string of the molecule is CC1CN(C)CCC1NC1CCN(C2CC2)C1. The van der Waals surface area contributed by atoms with Crippen LogP contribution in [0.4, 0.5) is 0 Å². The van der Waals surface area contributed by atoms with Crippen molar-refractivity contribution in [1.82, 2.24) is 15.1 Å². The summed E-state index contributed by atoms with van der Waals surface area (Å²) in [5.74, 6) is 0.809. The van der Waals surface area contributed by atoms with E-state index in [0.717, 1.165) is 24.0 Å². The lowest BCUT2D eigenvalue weighted by Crippen LogP contribution is -2.50. The molecule has 3 atom stereocenters. The molecule has 2 saturated heterocycles. The predicted octanol–water partition coefficient (Wildman–Crippen LogP) is 1.15. The monoisotopic (exact) mass is 237 g/mol. The van der Waals surface area contributed by atoms with Gasteiger partial charge in [-0.1, -0.05) is 6.92 Å². The number of piperidine rings is 1. The molecule has 3 heteroatoms. The first kappa shape index (κ1) is 11.9. The van der Waals surface area contributed by atoms with Gasteiger partial charge in [0.2, 0.25) is 0 Å². The molecular formula is C14H27N3. The maximum Gasteiger partial charge on any atom is 0.0210 e. The highest BCUT2D eigenvalue weighted by atomic mass is 15.2. The molecule has 0 bridgehead atoms. The molecule has 0 radical (unpaired) electrons. The van der Waals surface area contributed by atoms with Crippen LogP contribution in [0.3, 0.4) is 0 Å². The van der Waals surface area contributed by atoms with Crippen LogP contribution in [0.2, 0.25) is 0 Å². The van der Waals surface area contributed by atoms with Crippen molar-refractivity contribution in [3.8, 4) is 0 Å². The molecule has 3 unspecified atom stereocenters. The zero-order valence-corrected chi connectivity index (χ0v) is 11.4. The third-order valence-electron chi connectivity index (χ3n) is 4.84. The molecule has 3 fully saturated rings. The van der Waals surface area contributed by atoms with Gasteiger partial charge in [0.15, 0.2) is 0 Å². The number of rotatable bonds is 3. The van der Waals surface area contributed by atoms with Crippen molar-refractivity contribution in [3.05, 3.63) is 0 Å². The van der Waals surface area contributed by atoms with Gasteiger partial charge in [0.25, 0.3) is 0 Å². The van der Waals surface area contributed by atoms with Crippen LogP contribution >= 0.6 is 0 Å². The Kier molecular flexibility index (Phi) is 3.42. The minimum Gasteiger partial charge on any atom is -0.310 e. The van der Waals surface area contributed by atoms with Gasteiger partial charge in [-0.05, 0) is 45.2 Å². The molecule has 1 N–H and O–H groups in total. The van der Waals surface area contributed by atoms with Crippen molar-refractivity contribution >= 4 is 0 Å². The van der Waals surface area contributed by atoms with Gasteiger partial charge in [-0.3, -0.25) is 4.90 Å². The third kappa shape index (κ3) is 2.83. The van der Waals surface area contributed by atoms with Crippen LogP contribution in [0.15, 0.2) is 0 Å². The molecule has 0 amide bonds. The molecule has 3 rings (SSSR count). The largest absolute Gasteiger partial charge is 0.310 e. The van der Waals surface area contributed by atoms with Gasteiger partial charge in [-0.2, -0.15) is 0 Å². The first-order valence-electron chi connectivity index (χ1n) is 7.41. The maximum atomic E-state index is 3.93. The number of nitrogens with one attached hydrogen (secondary N) is 1. The standard InChI is InChI=1S/C14H27N3/c1-11-9-16(2)7-6-14(11)15-12-5-8-17(10-12)13-3-4-13/h11-15H,3-10H2,1-2H3. The summed E-state index contributed by atoms with van der Waals surface area (Å²) in [5, 5.41) is 3.93. The van der Waals surface area contributed by atoms with Crippen LogP contribution < -0.4 is 5.32 Å². The highest BCUT2D eigenvalue weighted by Gasteiger charge is 2.35. The Morgan fingerprint density at radius 2 is 1.82 bits per heavy atom. The average Bonchev–Trinajstić information content (AvgIpc) is 3.04. The minimum absolute atomic E-state index is 0.760. The molecule has 3 aliphatic rings. The van der Waals surface area contributed by atoms with E-state index in [1.165, 1.54) is 51.9 Å². The van der Waals surface area contributed by atoms with E-state index < -0.39 is 0 Å². The van der Waals surface area contributed by atoms with Gasteiger partial charge in [0.05, 0.1) is 0 Å². The van der Waals surface area contributed by atoms with Gasteiger partial charge in [-0.25, -0.2) is 0 Å². The quantitative estimate of drug-likeness (QED) is 0.794. The Morgan fingerprint density at radius 1 is 1.00 bits per heavy atom. The minimum atomic E-state index is 0.760. The fourth-order valence-electron chi connectivity index (χ4n) is 3.60. The maximum absolute atomic E-state index is 3.93. The summed E-state index contributed by atoms with van der Waals surface area (Å²) in [7, 11) is 2.25. The van der Waals surface area contributed by atoms with Crippen molar-refractivity contribution in [1.29, 1.82) is 0 Å². The zero-order chi connectivity index (χ0) is 11.8. The van der Waals surface area contributed by atoms with Gasteiger partial charge in [0, 0.05) is 37.8 Å². The molecule has 2 aliphatic heterocycles. The van der Waals surface area contributed by atoms with E-state index in [0.29, 0.717) is 0 Å². The second-order valence-corrected chi connectivity index (χ2v) is 6.51. The van der Waals surface area contributed by atoms with Crippen LogP contribution in [-0.2, 0) is 0 Å². The van der Waals surface area contributed by atoms with E-state index in [2.05, 4.69) is 29.1 Å². The molecule has 0 aromatic carbocycles. The summed E-state index contributed by atoms with van der Waals surface area (Å²) in [4.78, 5) is 5.17. The van der Waals surface area contributed by atoms with Gasteiger partial charge >= 0.3 is 0 Å².